The van der Waals surface area contributed by atoms with Crippen LogP contribution in [0.25, 0.3) is 0 Å². The Balaban J connectivity index is 1.71. The molecule has 0 spiro atoms. The molecule has 0 saturated carbocycles. The lowest BCUT2D eigenvalue weighted by Crippen LogP contribution is -2.49. The maximum absolute atomic E-state index is 13.1. The van der Waals surface area contributed by atoms with Crippen molar-refractivity contribution in [1.29, 1.82) is 5.26 Å². The number of hydrogen-bond acceptors (Lipinski definition) is 4. The standard InChI is InChI=1S/C19H20FN3O2S/c1-15-2-8-18(9-3-15)26(24,25)23-12-10-22(11-13-23)19(14-21)16-4-6-17(20)7-5-16/h2-9,19H,10-13H2,1H3. The Kier molecular flexibility index (Phi) is 5.37. The fourth-order valence-corrected chi connectivity index (χ4v) is 4.50. The summed E-state index contributed by atoms with van der Waals surface area (Å²) in [5.74, 6) is -0.348. The van der Waals surface area contributed by atoms with Gasteiger partial charge in [0.25, 0.3) is 0 Å². The van der Waals surface area contributed by atoms with Crippen LogP contribution in [0.3, 0.4) is 0 Å². The third-order valence-electron chi connectivity index (χ3n) is 4.61. The van der Waals surface area contributed by atoms with E-state index in [0.717, 1.165) is 5.56 Å². The lowest BCUT2D eigenvalue weighted by molar-refractivity contribution is 0.162. The van der Waals surface area contributed by atoms with Gasteiger partial charge < -0.3 is 0 Å². The first-order valence-corrected chi connectivity index (χ1v) is 9.82. The first kappa shape index (κ1) is 18.5. The van der Waals surface area contributed by atoms with Crippen molar-refractivity contribution in [3.63, 3.8) is 0 Å². The molecule has 0 aliphatic carbocycles. The Bertz CT molecular complexity index is 897. The lowest BCUT2D eigenvalue weighted by Gasteiger charge is -2.36. The number of benzene rings is 2. The maximum atomic E-state index is 13.1. The van der Waals surface area contributed by atoms with Gasteiger partial charge in [0.15, 0.2) is 0 Å². The number of halogens is 1. The van der Waals surface area contributed by atoms with E-state index in [4.69, 9.17) is 0 Å². The van der Waals surface area contributed by atoms with Gasteiger partial charge in [0, 0.05) is 26.2 Å². The molecule has 2 aromatic carbocycles. The van der Waals surface area contributed by atoms with Gasteiger partial charge in [0.1, 0.15) is 11.9 Å². The minimum atomic E-state index is -3.53. The first-order chi connectivity index (χ1) is 12.4. The normalized spacial score (nSPS) is 17.6. The van der Waals surface area contributed by atoms with E-state index in [2.05, 4.69) is 6.07 Å². The highest BCUT2D eigenvalue weighted by Crippen LogP contribution is 2.24. The van der Waals surface area contributed by atoms with Crippen LogP contribution < -0.4 is 0 Å². The fraction of sp³-hybridized carbons (Fsp3) is 0.316. The second-order valence-corrected chi connectivity index (χ2v) is 8.27. The third kappa shape index (κ3) is 3.78. The molecule has 3 rings (SSSR count). The molecule has 5 nitrogen and oxygen atoms in total. The average molecular weight is 373 g/mol. The zero-order chi connectivity index (χ0) is 18.7. The zero-order valence-corrected chi connectivity index (χ0v) is 15.3. The minimum absolute atomic E-state index is 0.284. The molecule has 1 saturated heterocycles. The number of piperazine rings is 1. The van der Waals surface area contributed by atoms with Crippen molar-refractivity contribution in [2.45, 2.75) is 17.9 Å². The van der Waals surface area contributed by atoms with Gasteiger partial charge in [-0.05, 0) is 36.8 Å². The predicted molar refractivity (Wildman–Crippen MR) is 96.3 cm³/mol. The summed E-state index contributed by atoms with van der Waals surface area (Å²) in [6.45, 7) is 3.43. The highest BCUT2D eigenvalue weighted by molar-refractivity contribution is 7.89. The van der Waals surface area contributed by atoms with E-state index in [1.54, 1.807) is 36.4 Å². The van der Waals surface area contributed by atoms with Gasteiger partial charge in [0.2, 0.25) is 10.0 Å². The molecule has 2 aromatic rings. The molecule has 0 N–H and O–H groups in total. The van der Waals surface area contributed by atoms with Crippen molar-refractivity contribution in [2.24, 2.45) is 0 Å². The second-order valence-electron chi connectivity index (χ2n) is 6.34. The molecule has 0 bridgehead atoms. The van der Waals surface area contributed by atoms with E-state index in [1.807, 2.05) is 11.8 Å². The second kappa shape index (κ2) is 7.54. The van der Waals surface area contributed by atoms with E-state index in [9.17, 15) is 18.1 Å². The molecule has 0 amide bonds. The van der Waals surface area contributed by atoms with Crippen LogP contribution in [0.1, 0.15) is 17.2 Å². The van der Waals surface area contributed by atoms with Gasteiger partial charge in [-0.2, -0.15) is 9.57 Å². The molecule has 1 unspecified atom stereocenters. The van der Waals surface area contributed by atoms with Crippen LogP contribution in [0.15, 0.2) is 53.4 Å². The Morgan fingerprint density at radius 1 is 1.00 bits per heavy atom. The van der Waals surface area contributed by atoms with Crippen LogP contribution in [0.4, 0.5) is 4.39 Å². The van der Waals surface area contributed by atoms with Crippen LogP contribution in [0.5, 0.6) is 0 Å². The molecule has 1 heterocycles. The van der Waals surface area contributed by atoms with Gasteiger partial charge in [0.05, 0.1) is 11.0 Å². The summed E-state index contributed by atoms with van der Waals surface area (Å²) in [4.78, 5) is 2.21. The van der Waals surface area contributed by atoms with Crippen molar-refractivity contribution in [2.75, 3.05) is 26.2 Å². The maximum Gasteiger partial charge on any atom is 0.243 e. The number of nitriles is 1. The number of sulfonamides is 1. The van der Waals surface area contributed by atoms with Crippen LogP contribution in [0, 0.1) is 24.1 Å². The number of aryl methyl sites for hydroxylation is 1. The summed E-state index contributed by atoms with van der Waals surface area (Å²) in [7, 11) is -3.53. The molecular weight excluding hydrogens is 353 g/mol. The molecule has 1 fully saturated rings. The van der Waals surface area contributed by atoms with Gasteiger partial charge in [-0.15, -0.1) is 0 Å². The number of hydrogen-bond donors (Lipinski definition) is 0. The average Bonchev–Trinajstić information content (AvgIpc) is 2.65. The van der Waals surface area contributed by atoms with E-state index >= 15 is 0 Å². The molecule has 1 aliphatic heterocycles. The molecule has 1 atom stereocenters. The Morgan fingerprint density at radius 3 is 2.12 bits per heavy atom. The Hall–Kier alpha value is -2.27. The molecule has 26 heavy (non-hydrogen) atoms. The highest BCUT2D eigenvalue weighted by atomic mass is 32.2. The quantitative estimate of drug-likeness (QED) is 0.827. The number of nitrogens with zero attached hydrogens (tertiary/aromatic N) is 3. The summed E-state index contributed by atoms with van der Waals surface area (Å²) in [5.41, 5.74) is 1.72. The van der Waals surface area contributed by atoms with Crippen LogP contribution in [-0.2, 0) is 10.0 Å². The molecule has 1 aliphatic rings. The zero-order valence-electron chi connectivity index (χ0n) is 14.5. The van der Waals surface area contributed by atoms with Crippen molar-refractivity contribution < 1.29 is 12.8 Å². The van der Waals surface area contributed by atoms with E-state index in [0.29, 0.717) is 31.7 Å². The van der Waals surface area contributed by atoms with Crippen LogP contribution >= 0.6 is 0 Å². The molecular formula is C19H20FN3O2S. The van der Waals surface area contributed by atoms with Crippen molar-refractivity contribution in [3.8, 4) is 6.07 Å². The molecule has 0 radical (unpaired) electrons. The van der Waals surface area contributed by atoms with Crippen LogP contribution in [0.2, 0.25) is 0 Å². The highest BCUT2D eigenvalue weighted by Gasteiger charge is 2.31. The van der Waals surface area contributed by atoms with E-state index in [1.165, 1.54) is 16.4 Å². The first-order valence-electron chi connectivity index (χ1n) is 8.38. The van der Waals surface area contributed by atoms with E-state index in [-0.39, 0.29) is 10.7 Å². The molecule has 7 heteroatoms. The summed E-state index contributed by atoms with van der Waals surface area (Å²) in [6, 6.07) is 14.4. The van der Waals surface area contributed by atoms with Crippen molar-refractivity contribution in [1.82, 2.24) is 9.21 Å². The SMILES string of the molecule is Cc1ccc(S(=O)(=O)N2CCN(C(C#N)c3ccc(F)cc3)CC2)cc1. The molecule has 136 valence electrons. The Labute approximate surface area is 153 Å². The largest absolute Gasteiger partial charge is 0.282 e. The lowest BCUT2D eigenvalue weighted by atomic mass is 10.1. The van der Waals surface area contributed by atoms with Gasteiger partial charge in [-0.25, -0.2) is 12.8 Å². The predicted octanol–water partition coefficient (Wildman–Crippen LogP) is 2.71. The number of rotatable bonds is 4. The third-order valence-corrected chi connectivity index (χ3v) is 6.52. The van der Waals surface area contributed by atoms with Crippen molar-refractivity contribution in [3.05, 3.63) is 65.5 Å². The van der Waals surface area contributed by atoms with Gasteiger partial charge in [-0.3, -0.25) is 4.90 Å². The fourth-order valence-electron chi connectivity index (χ4n) is 3.07. The minimum Gasteiger partial charge on any atom is -0.282 e. The monoisotopic (exact) mass is 373 g/mol. The summed E-state index contributed by atoms with van der Waals surface area (Å²) in [5, 5.41) is 9.51. The smallest absolute Gasteiger partial charge is 0.243 e. The summed E-state index contributed by atoms with van der Waals surface area (Å²) in [6.07, 6.45) is 0. The topological polar surface area (TPSA) is 64.4 Å². The van der Waals surface area contributed by atoms with Crippen LogP contribution in [-0.4, -0.2) is 43.8 Å². The molecule has 0 aromatic heterocycles. The van der Waals surface area contributed by atoms with Gasteiger partial charge in [-0.1, -0.05) is 29.8 Å². The van der Waals surface area contributed by atoms with E-state index < -0.39 is 16.1 Å². The van der Waals surface area contributed by atoms with Crippen molar-refractivity contribution >= 4 is 10.0 Å². The Morgan fingerprint density at radius 2 is 1.58 bits per heavy atom. The summed E-state index contributed by atoms with van der Waals surface area (Å²) >= 11 is 0. The summed E-state index contributed by atoms with van der Waals surface area (Å²) < 4.78 is 40.1. The van der Waals surface area contributed by atoms with Gasteiger partial charge >= 0.3 is 0 Å².